The van der Waals surface area contributed by atoms with Crippen molar-refractivity contribution < 1.29 is 23.9 Å². The van der Waals surface area contributed by atoms with Crippen LogP contribution < -0.4 is 15.5 Å². The number of nitrogens with one attached hydrogen (secondary N) is 2. The highest BCUT2D eigenvalue weighted by atomic mass is 16.5. The van der Waals surface area contributed by atoms with Gasteiger partial charge in [-0.1, -0.05) is 0 Å². The summed E-state index contributed by atoms with van der Waals surface area (Å²) in [5, 5.41) is 5.58. The molecule has 5 rings (SSSR count). The van der Waals surface area contributed by atoms with E-state index in [1.165, 1.54) is 0 Å². The van der Waals surface area contributed by atoms with Crippen molar-refractivity contribution in [2.75, 3.05) is 31.1 Å². The number of piperidine rings is 3. The number of fused-ring (bicyclic) bond motifs is 1. The summed E-state index contributed by atoms with van der Waals surface area (Å²) in [7, 11) is 0. The van der Waals surface area contributed by atoms with Crippen molar-refractivity contribution in [2.45, 2.75) is 56.8 Å². The number of nitrogens with zero attached hydrogens (tertiary/aromatic N) is 2. The number of hydrogen-bond donors (Lipinski definition) is 2. The summed E-state index contributed by atoms with van der Waals surface area (Å²) >= 11 is 0. The molecule has 9 nitrogen and oxygen atoms in total. The monoisotopic (exact) mass is 440 g/mol. The lowest BCUT2D eigenvalue weighted by molar-refractivity contribution is -0.136. The van der Waals surface area contributed by atoms with Gasteiger partial charge in [-0.05, 0) is 63.4 Å². The first-order valence-corrected chi connectivity index (χ1v) is 11.5. The highest BCUT2D eigenvalue weighted by Crippen LogP contribution is 2.32. The van der Waals surface area contributed by atoms with E-state index in [9.17, 15) is 19.2 Å². The van der Waals surface area contributed by atoms with Gasteiger partial charge in [-0.25, -0.2) is 0 Å². The number of rotatable bonds is 4. The first-order valence-electron chi connectivity index (χ1n) is 11.5. The van der Waals surface area contributed by atoms with E-state index in [2.05, 4.69) is 15.5 Å². The molecular formula is C23H28N4O5. The van der Waals surface area contributed by atoms with Gasteiger partial charge in [0, 0.05) is 25.2 Å². The van der Waals surface area contributed by atoms with Gasteiger partial charge in [-0.2, -0.15) is 0 Å². The highest BCUT2D eigenvalue weighted by Gasteiger charge is 2.44. The Morgan fingerprint density at radius 3 is 2.25 bits per heavy atom. The van der Waals surface area contributed by atoms with E-state index in [1.54, 1.807) is 12.1 Å². The van der Waals surface area contributed by atoms with Crippen molar-refractivity contribution in [3.63, 3.8) is 0 Å². The Morgan fingerprint density at radius 1 is 0.844 bits per heavy atom. The van der Waals surface area contributed by atoms with Crippen molar-refractivity contribution >= 4 is 29.3 Å². The van der Waals surface area contributed by atoms with Crippen LogP contribution >= 0.6 is 0 Å². The summed E-state index contributed by atoms with van der Waals surface area (Å²) in [5.41, 5.74) is 1.54. The van der Waals surface area contributed by atoms with Crippen LogP contribution in [-0.2, 0) is 14.3 Å². The van der Waals surface area contributed by atoms with Crippen LogP contribution in [0.15, 0.2) is 18.2 Å². The third kappa shape index (κ3) is 3.91. The Kier molecular flexibility index (Phi) is 5.69. The third-order valence-electron chi connectivity index (χ3n) is 6.90. The van der Waals surface area contributed by atoms with Gasteiger partial charge < -0.3 is 15.0 Å². The number of hydrogen-bond acceptors (Lipinski definition) is 7. The lowest BCUT2D eigenvalue weighted by Crippen LogP contribution is -2.54. The van der Waals surface area contributed by atoms with Crippen molar-refractivity contribution in [2.24, 2.45) is 0 Å². The topological polar surface area (TPSA) is 108 Å². The number of carbonyl (C=O) groups is 4. The highest BCUT2D eigenvalue weighted by molar-refractivity contribution is 6.23. The van der Waals surface area contributed by atoms with Gasteiger partial charge in [0.2, 0.25) is 11.8 Å². The number of benzene rings is 1. The second-order valence-electron chi connectivity index (χ2n) is 8.95. The van der Waals surface area contributed by atoms with Crippen molar-refractivity contribution in [3.8, 4) is 0 Å². The van der Waals surface area contributed by atoms with Crippen molar-refractivity contribution in [1.82, 2.24) is 15.5 Å². The maximum atomic E-state index is 13.0. The fraction of sp³-hybridized carbons (Fsp3) is 0.565. The Morgan fingerprint density at radius 2 is 1.53 bits per heavy atom. The molecule has 170 valence electrons. The molecule has 3 saturated heterocycles. The summed E-state index contributed by atoms with van der Waals surface area (Å²) in [4.78, 5) is 52.8. The number of anilines is 1. The molecule has 0 aliphatic carbocycles. The van der Waals surface area contributed by atoms with E-state index in [0.29, 0.717) is 17.2 Å². The number of imide groups is 2. The molecule has 1 unspecified atom stereocenters. The van der Waals surface area contributed by atoms with Crippen LogP contribution in [0.2, 0.25) is 0 Å². The maximum absolute atomic E-state index is 13.0. The van der Waals surface area contributed by atoms with Crippen LogP contribution in [0.4, 0.5) is 5.69 Å². The minimum Gasteiger partial charge on any atom is -0.375 e. The van der Waals surface area contributed by atoms with Gasteiger partial charge in [-0.15, -0.1) is 0 Å². The zero-order valence-electron chi connectivity index (χ0n) is 18.0. The molecule has 32 heavy (non-hydrogen) atoms. The molecule has 4 aliphatic rings. The van der Waals surface area contributed by atoms with Crippen molar-refractivity contribution in [3.05, 3.63) is 29.3 Å². The average molecular weight is 441 g/mol. The summed E-state index contributed by atoms with van der Waals surface area (Å²) in [5.74, 6) is -1.91. The van der Waals surface area contributed by atoms with Gasteiger partial charge in [0.1, 0.15) is 6.04 Å². The molecule has 1 atom stereocenters. The molecule has 1 aromatic rings. The minimum absolute atomic E-state index is 0.115. The van der Waals surface area contributed by atoms with E-state index in [1.807, 2.05) is 6.07 Å². The van der Waals surface area contributed by atoms with Gasteiger partial charge in [-0.3, -0.25) is 29.4 Å². The largest absolute Gasteiger partial charge is 0.375 e. The lowest BCUT2D eigenvalue weighted by atomic mass is 10.0. The van der Waals surface area contributed by atoms with Gasteiger partial charge in [0.05, 0.1) is 23.3 Å². The Hall–Kier alpha value is -2.78. The average Bonchev–Trinajstić information content (AvgIpc) is 3.05. The van der Waals surface area contributed by atoms with E-state index in [4.69, 9.17) is 4.74 Å². The molecule has 0 bridgehead atoms. The molecule has 4 heterocycles. The van der Waals surface area contributed by atoms with E-state index >= 15 is 0 Å². The molecule has 3 fully saturated rings. The number of carbonyl (C=O) groups excluding carboxylic acids is 4. The molecule has 1 aromatic carbocycles. The van der Waals surface area contributed by atoms with Crippen LogP contribution in [0.1, 0.15) is 59.2 Å². The predicted octanol–water partition coefficient (Wildman–Crippen LogP) is 0.825. The van der Waals surface area contributed by atoms with E-state index in [0.717, 1.165) is 62.4 Å². The van der Waals surface area contributed by atoms with Crippen molar-refractivity contribution in [1.29, 1.82) is 0 Å². The summed E-state index contributed by atoms with van der Waals surface area (Å²) in [6.45, 7) is 3.68. The smallest absolute Gasteiger partial charge is 0.262 e. The van der Waals surface area contributed by atoms with Crippen LogP contribution in [0, 0.1) is 0 Å². The van der Waals surface area contributed by atoms with Gasteiger partial charge in [0.25, 0.3) is 11.8 Å². The molecule has 0 saturated carbocycles. The summed E-state index contributed by atoms with van der Waals surface area (Å²) in [6, 6.07) is 4.36. The van der Waals surface area contributed by atoms with Crippen LogP contribution in [-0.4, -0.2) is 73.0 Å². The summed E-state index contributed by atoms with van der Waals surface area (Å²) in [6.07, 6.45) is 4.85. The SMILES string of the molecule is O=C1CCC(N2C(=O)c3ccc(N4CCC(OC5CCNCC5)CC4)cc3C2=O)C(=O)N1. The fourth-order valence-corrected chi connectivity index (χ4v) is 5.11. The van der Waals surface area contributed by atoms with E-state index < -0.39 is 23.8 Å². The molecular weight excluding hydrogens is 412 g/mol. The van der Waals surface area contributed by atoms with Gasteiger partial charge in [0.15, 0.2) is 0 Å². The Bertz CT molecular complexity index is 950. The molecule has 0 aromatic heterocycles. The second-order valence-corrected chi connectivity index (χ2v) is 8.95. The first-order chi connectivity index (χ1) is 15.5. The molecule has 0 spiro atoms. The molecule has 4 aliphatic heterocycles. The molecule has 0 radical (unpaired) electrons. The third-order valence-corrected chi connectivity index (χ3v) is 6.90. The molecule has 2 N–H and O–H groups in total. The van der Waals surface area contributed by atoms with Crippen LogP contribution in [0.3, 0.4) is 0 Å². The van der Waals surface area contributed by atoms with E-state index in [-0.39, 0.29) is 24.9 Å². The number of ether oxygens (including phenoxy) is 1. The molecule has 9 heteroatoms. The zero-order valence-corrected chi connectivity index (χ0v) is 18.0. The lowest BCUT2D eigenvalue weighted by Gasteiger charge is -2.36. The van der Waals surface area contributed by atoms with Gasteiger partial charge >= 0.3 is 0 Å². The minimum atomic E-state index is -0.938. The maximum Gasteiger partial charge on any atom is 0.262 e. The molecule has 4 amide bonds. The number of amides is 4. The van der Waals surface area contributed by atoms with Crippen LogP contribution in [0.25, 0.3) is 0 Å². The van der Waals surface area contributed by atoms with Crippen LogP contribution in [0.5, 0.6) is 0 Å². The quantitative estimate of drug-likeness (QED) is 0.668. The first kappa shape index (κ1) is 21.1. The zero-order chi connectivity index (χ0) is 22.2. The normalized spacial score (nSPS) is 25.3. The Labute approximate surface area is 186 Å². The predicted molar refractivity (Wildman–Crippen MR) is 115 cm³/mol. The standard InChI is InChI=1S/C23H28N4O5/c28-20-4-3-19(21(29)25-20)27-22(30)17-2-1-14(13-18(17)23(27)31)26-11-7-16(8-12-26)32-15-5-9-24-10-6-15/h1-2,13,15-16,19,24H,3-12H2,(H,25,28,29). The second kappa shape index (κ2) is 8.63. The Balaban J connectivity index is 1.25. The fourth-order valence-electron chi connectivity index (χ4n) is 5.11. The summed E-state index contributed by atoms with van der Waals surface area (Å²) < 4.78 is 6.29.